The summed E-state index contributed by atoms with van der Waals surface area (Å²) < 4.78 is 1.98. The molecular weight excluding hydrogens is 324 g/mol. The predicted octanol–water partition coefficient (Wildman–Crippen LogP) is 5.92. The Morgan fingerprint density at radius 1 is 0.870 bits per heavy atom. The van der Waals surface area contributed by atoms with Gasteiger partial charge in [0.15, 0.2) is 0 Å². The highest BCUT2D eigenvalue weighted by Gasteiger charge is 2.13. The van der Waals surface area contributed by atoms with Crippen LogP contribution in [0.4, 0.5) is 0 Å². The summed E-state index contributed by atoms with van der Waals surface area (Å²) in [4.78, 5) is 1.16. The highest BCUT2D eigenvalue weighted by molar-refractivity contribution is 7.13. The zero-order valence-electron chi connectivity index (χ0n) is 12.2. The second kappa shape index (κ2) is 6.03. The molecule has 2 nitrogen and oxygen atoms in total. The summed E-state index contributed by atoms with van der Waals surface area (Å²) in [6.07, 6.45) is 0. The van der Waals surface area contributed by atoms with Crippen LogP contribution in [0.2, 0.25) is 5.02 Å². The average molecular weight is 337 g/mol. The van der Waals surface area contributed by atoms with Crippen molar-refractivity contribution in [1.82, 2.24) is 9.78 Å². The highest BCUT2D eigenvalue weighted by Crippen LogP contribution is 2.31. The first-order chi connectivity index (χ1) is 11.3. The Morgan fingerprint density at radius 2 is 1.65 bits per heavy atom. The molecule has 0 atom stereocenters. The van der Waals surface area contributed by atoms with Gasteiger partial charge in [0.05, 0.1) is 16.3 Å². The SMILES string of the molecule is Clc1ccc(-c2cc(-c3cccs3)nn2-c2ccccc2)cc1. The number of thiophene rings is 1. The molecule has 0 amide bonds. The number of benzene rings is 2. The fraction of sp³-hybridized carbons (Fsp3) is 0. The minimum Gasteiger partial charge on any atom is -0.232 e. The molecule has 23 heavy (non-hydrogen) atoms. The zero-order valence-corrected chi connectivity index (χ0v) is 13.8. The third-order valence-electron chi connectivity index (χ3n) is 3.62. The van der Waals surface area contributed by atoms with Crippen LogP contribution in [0.3, 0.4) is 0 Å². The molecule has 0 aliphatic carbocycles. The Morgan fingerprint density at radius 3 is 2.35 bits per heavy atom. The fourth-order valence-corrected chi connectivity index (χ4v) is 3.33. The minimum atomic E-state index is 0.734. The van der Waals surface area contributed by atoms with Crippen molar-refractivity contribution in [3.63, 3.8) is 0 Å². The van der Waals surface area contributed by atoms with Gasteiger partial charge in [0, 0.05) is 10.6 Å². The summed E-state index contributed by atoms with van der Waals surface area (Å²) in [5.74, 6) is 0. The number of nitrogens with zero attached hydrogens (tertiary/aromatic N) is 2. The van der Waals surface area contributed by atoms with Gasteiger partial charge in [0.1, 0.15) is 5.69 Å². The van der Waals surface area contributed by atoms with Crippen LogP contribution in [0.5, 0.6) is 0 Å². The molecule has 0 N–H and O–H groups in total. The first-order valence-electron chi connectivity index (χ1n) is 7.26. The summed E-state index contributed by atoms with van der Waals surface area (Å²) >= 11 is 7.72. The van der Waals surface area contributed by atoms with Crippen LogP contribution < -0.4 is 0 Å². The van der Waals surface area contributed by atoms with Crippen LogP contribution in [0.1, 0.15) is 0 Å². The van der Waals surface area contributed by atoms with E-state index >= 15 is 0 Å². The normalized spacial score (nSPS) is 10.8. The maximum Gasteiger partial charge on any atom is 0.103 e. The molecule has 4 heteroatoms. The molecule has 4 rings (SSSR count). The topological polar surface area (TPSA) is 17.8 Å². The Hall–Kier alpha value is -2.36. The Bertz CT molecular complexity index is 910. The molecular formula is C19H13ClN2S. The second-order valence-corrected chi connectivity index (χ2v) is 6.53. The van der Waals surface area contributed by atoms with E-state index in [1.54, 1.807) is 11.3 Å². The lowest BCUT2D eigenvalue weighted by Gasteiger charge is -2.07. The van der Waals surface area contributed by atoms with E-state index in [9.17, 15) is 0 Å². The first kappa shape index (κ1) is 14.2. The smallest absolute Gasteiger partial charge is 0.103 e. The molecule has 0 spiro atoms. The number of aromatic nitrogens is 2. The molecule has 0 unspecified atom stereocenters. The molecule has 2 aromatic carbocycles. The van der Waals surface area contributed by atoms with E-state index in [0.717, 1.165) is 32.5 Å². The number of rotatable bonds is 3. The van der Waals surface area contributed by atoms with Crippen molar-refractivity contribution in [3.8, 4) is 27.5 Å². The average Bonchev–Trinajstić information content (AvgIpc) is 3.26. The zero-order chi connectivity index (χ0) is 15.6. The van der Waals surface area contributed by atoms with Crippen molar-refractivity contribution in [2.45, 2.75) is 0 Å². The lowest BCUT2D eigenvalue weighted by atomic mass is 10.1. The minimum absolute atomic E-state index is 0.734. The van der Waals surface area contributed by atoms with Gasteiger partial charge in [-0.3, -0.25) is 0 Å². The summed E-state index contributed by atoms with van der Waals surface area (Å²) in [5, 5.41) is 7.62. The molecule has 0 fully saturated rings. The molecule has 2 heterocycles. The van der Waals surface area contributed by atoms with Crippen molar-refractivity contribution in [3.05, 3.63) is 83.2 Å². The second-order valence-electron chi connectivity index (χ2n) is 5.15. The van der Waals surface area contributed by atoms with Crippen molar-refractivity contribution >= 4 is 22.9 Å². The molecule has 112 valence electrons. The molecule has 0 saturated carbocycles. The van der Waals surface area contributed by atoms with E-state index in [1.807, 2.05) is 53.2 Å². The molecule has 4 aromatic rings. The Labute approximate surface area is 143 Å². The lowest BCUT2D eigenvalue weighted by molar-refractivity contribution is 0.893. The van der Waals surface area contributed by atoms with E-state index in [2.05, 4.69) is 29.6 Å². The van der Waals surface area contributed by atoms with E-state index in [-0.39, 0.29) is 0 Å². The van der Waals surface area contributed by atoms with Crippen LogP contribution in [0.25, 0.3) is 27.5 Å². The maximum absolute atomic E-state index is 6.02. The van der Waals surface area contributed by atoms with Crippen LogP contribution in [0.15, 0.2) is 78.2 Å². The van der Waals surface area contributed by atoms with Gasteiger partial charge in [-0.2, -0.15) is 5.10 Å². The van der Waals surface area contributed by atoms with Crippen molar-refractivity contribution in [1.29, 1.82) is 0 Å². The number of hydrogen-bond acceptors (Lipinski definition) is 2. The molecule has 0 saturated heterocycles. The van der Waals surface area contributed by atoms with Gasteiger partial charge in [-0.05, 0) is 41.8 Å². The van der Waals surface area contributed by atoms with Crippen molar-refractivity contribution in [2.24, 2.45) is 0 Å². The van der Waals surface area contributed by atoms with E-state index in [1.165, 1.54) is 0 Å². The molecule has 0 aliphatic heterocycles. The van der Waals surface area contributed by atoms with Crippen LogP contribution in [0, 0.1) is 0 Å². The Balaban J connectivity index is 1.90. The van der Waals surface area contributed by atoms with Gasteiger partial charge in [-0.15, -0.1) is 11.3 Å². The van der Waals surface area contributed by atoms with Gasteiger partial charge in [0.25, 0.3) is 0 Å². The third-order valence-corrected chi connectivity index (χ3v) is 4.77. The summed E-state index contributed by atoms with van der Waals surface area (Å²) in [7, 11) is 0. The number of para-hydroxylation sites is 1. The molecule has 0 bridgehead atoms. The van der Waals surface area contributed by atoms with Gasteiger partial charge >= 0.3 is 0 Å². The van der Waals surface area contributed by atoms with Crippen LogP contribution in [-0.2, 0) is 0 Å². The van der Waals surface area contributed by atoms with Crippen LogP contribution >= 0.6 is 22.9 Å². The quantitative estimate of drug-likeness (QED) is 0.454. The first-order valence-corrected chi connectivity index (χ1v) is 8.52. The van der Waals surface area contributed by atoms with Crippen molar-refractivity contribution < 1.29 is 0 Å². The highest BCUT2D eigenvalue weighted by atomic mass is 35.5. The van der Waals surface area contributed by atoms with Gasteiger partial charge in [-0.1, -0.05) is 48.0 Å². The largest absolute Gasteiger partial charge is 0.232 e. The lowest BCUT2D eigenvalue weighted by Crippen LogP contribution is -1.98. The van der Waals surface area contributed by atoms with E-state index in [4.69, 9.17) is 16.7 Å². The molecule has 0 radical (unpaired) electrons. The number of halogens is 1. The Kier molecular flexibility index (Phi) is 3.74. The monoisotopic (exact) mass is 336 g/mol. The third kappa shape index (κ3) is 2.81. The van der Waals surface area contributed by atoms with Gasteiger partial charge in [0.2, 0.25) is 0 Å². The molecule has 0 aliphatic rings. The molecule has 2 aromatic heterocycles. The van der Waals surface area contributed by atoms with Gasteiger partial charge in [-0.25, -0.2) is 4.68 Å². The maximum atomic E-state index is 6.02. The summed E-state index contributed by atoms with van der Waals surface area (Å²) in [6.45, 7) is 0. The summed E-state index contributed by atoms with van der Waals surface area (Å²) in [5.41, 5.74) is 4.17. The predicted molar refractivity (Wildman–Crippen MR) is 97.3 cm³/mol. The number of hydrogen-bond donors (Lipinski definition) is 0. The van der Waals surface area contributed by atoms with Gasteiger partial charge < -0.3 is 0 Å². The summed E-state index contributed by atoms with van der Waals surface area (Å²) in [6, 6.07) is 24.3. The van der Waals surface area contributed by atoms with E-state index < -0.39 is 0 Å². The standard InChI is InChI=1S/C19H13ClN2S/c20-15-10-8-14(9-11-15)18-13-17(19-7-4-12-23-19)21-22(18)16-5-2-1-3-6-16/h1-13H. The van der Waals surface area contributed by atoms with Crippen molar-refractivity contribution in [2.75, 3.05) is 0 Å². The van der Waals surface area contributed by atoms with E-state index in [0.29, 0.717) is 0 Å². The fourth-order valence-electron chi connectivity index (χ4n) is 2.52. The van der Waals surface area contributed by atoms with Crippen LogP contribution in [-0.4, -0.2) is 9.78 Å².